The highest BCUT2D eigenvalue weighted by molar-refractivity contribution is 6.10. The van der Waals surface area contributed by atoms with Gasteiger partial charge in [-0.2, -0.15) is 0 Å². The summed E-state index contributed by atoms with van der Waals surface area (Å²) < 4.78 is 2.42. The van der Waals surface area contributed by atoms with Crippen LogP contribution in [-0.4, -0.2) is 4.57 Å². The Morgan fingerprint density at radius 1 is 0.366 bits per heavy atom. The summed E-state index contributed by atoms with van der Waals surface area (Å²) in [6.45, 7) is 8.79. The Balaban J connectivity index is 1.41. The van der Waals surface area contributed by atoms with E-state index in [0.29, 0.717) is 0 Å². The molecule has 0 saturated heterocycles. The Hall–Kier alpha value is -4.88. The topological polar surface area (TPSA) is 4.93 Å². The Labute approximate surface area is 242 Å². The number of benzene rings is 6. The molecule has 0 aliphatic heterocycles. The van der Waals surface area contributed by atoms with Crippen molar-refractivity contribution in [3.8, 4) is 39.1 Å². The lowest BCUT2D eigenvalue weighted by Crippen LogP contribution is -1.96. The van der Waals surface area contributed by atoms with Gasteiger partial charge in [-0.05, 0) is 120 Å². The minimum atomic E-state index is 1.19. The van der Waals surface area contributed by atoms with E-state index in [9.17, 15) is 0 Å². The highest BCUT2D eigenvalue weighted by atomic mass is 15.0. The first-order chi connectivity index (χ1) is 20.0. The Kier molecular flexibility index (Phi) is 6.09. The van der Waals surface area contributed by atoms with Crippen LogP contribution < -0.4 is 0 Å². The van der Waals surface area contributed by atoms with Crippen molar-refractivity contribution < 1.29 is 0 Å². The summed E-state index contributed by atoms with van der Waals surface area (Å²) in [7, 11) is 0. The highest BCUT2D eigenvalue weighted by Crippen LogP contribution is 2.38. The average molecular weight is 528 g/mol. The number of rotatable bonds is 4. The van der Waals surface area contributed by atoms with Gasteiger partial charge in [-0.1, -0.05) is 91.0 Å². The zero-order valence-electron chi connectivity index (χ0n) is 24.1. The van der Waals surface area contributed by atoms with Gasteiger partial charge >= 0.3 is 0 Å². The van der Waals surface area contributed by atoms with Gasteiger partial charge in [0.05, 0.1) is 11.0 Å². The molecule has 0 fully saturated rings. The molecule has 6 aromatic carbocycles. The number of hydrogen-bond donors (Lipinski definition) is 0. The molecule has 0 aliphatic carbocycles. The lowest BCUT2D eigenvalue weighted by atomic mass is 9.92. The van der Waals surface area contributed by atoms with Crippen molar-refractivity contribution in [2.75, 3.05) is 0 Å². The minimum absolute atomic E-state index is 1.19. The molecule has 198 valence electrons. The second-order valence-corrected chi connectivity index (χ2v) is 11.2. The van der Waals surface area contributed by atoms with Gasteiger partial charge in [0.2, 0.25) is 0 Å². The first-order valence-electron chi connectivity index (χ1n) is 14.4. The smallest absolute Gasteiger partial charge is 0.0541 e. The predicted molar refractivity (Wildman–Crippen MR) is 176 cm³/mol. The third-order valence-electron chi connectivity index (χ3n) is 8.59. The second kappa shape index (κ2) is 9.94. The highest BCUT2D eigenvalue weighted by Gasteiger charge is 2.15. The van der Waals surface area contributed by atoms with Crippen molar-refractivity contribution in [1.82, 2.24) is 4.57 Å². The molecule has 0 radical (unpaired) electrons. The van der Waals surface area contributed by atoms with E-state index < -0.39 is 0 Å². The predicted octanol–water partition coefficient (Wildman–Crippen LogP) is 11.0. The van der Waals surface area contributed by atoms with E-state index >= 15 is 0 Å². The molecule has 0 unspecified atom stereocenters. The van der Waals surface area contributed by atoms with Gasteiger partial charge in [0.1, 0.15) is 0 Å². The first kappa shape index (κ1) is 25.1. The fourth-order valence-electron chi connectivity index (χ4n) is 6.31. The third kappa shape index (κ3) is 4.26. The maximum atomic E-state index is 2.42. The molecule has 1 aromatic heterocycles. The van der Waals surface area contributed by atoms with Gasteiger partial charge in [0, 0.05) is 16.5 Å². The van der Waals surface area contributed by atoms with Crippen LogP contribution in [0.1, 0.15) is 22.3 Å². The minimum Gasteiger partial charge on any atom is -0.309 e. The Morgan fingerprint density at radius 2 is 0.878 bits per heavy atom. The van der Waals surface area contributed by atoms with E-state index in [1.165, 1.54) is 83.1 Å². The monoisotopic (exact) mass is 527 g/mol. The Bertz CT molecular complexity index is 2090. The quantitative estimate of drug-likeness (QED) is 0.214. The summed E-state index contributed by atoms with van der Waals surface area (Å²) >= 11 is 0. The van der Waals surface area contributed by atoms with Crippen molar-refractivity contribution in [1.29, 1.82) is 0 Å². The zero-order valence-corrected chi connectivity index (χ0v) is 24.1. The summed E-state index contributed by atoms with van der Waals surface area (Å²) in [6.07, 6.45) is 0. The van der Waals surface area contributed by atoms with Gasteiger partial charge in [0.25, 0.3) is 0 Å². The van der Waals surface area contributed by atoms with Crippen LogP contribution in [0, 0.1) is 27.7 Å². The third-order valence-corrected chi connectivity index (χ3v) is 8.59. The van der Waals surface area contributed by atoms with Crippen LogP contribution in [-0.2, 0) is 0 Å². The molecule has 0 N–H and O–H groups in total. The molecule has 7 aromatic rings. The molecular formula is C40H33N. The van der Waals surface area contributed by atoms with E-state index in [1.54, 1.807) is 0 Å². The number of fused-ring (bicyclic) bond motifs is 3. The normalized spacial score (nSPS) is 11.4. The van der Waals surface area contributed by atoms with Gasteiger partial charge in [-0.15, -0.1) is 0 Å². The van der Waals surface area contributed by atoms with Crippen molar-refractivity contribution in [2.24, 2.45) is 0 Å². The second-order valence-electron chi connectivity index (χ2n) is 11.2. The summed E-state index contributed by atoms with van der Waals surface area (Å²) in [6, 6.07) is 46.8. The first-order valence-corrected chi connectivity index (χ1v) is 14.4. The molecule has 7 rings (SSSR count). The lowest BCUT2D eigenvalue weighted by Gasteiger charge is -2.14. The SMILES string of the molecule is Cc1ccccc1-c1cc(-c2ccc3c(c2)c2ccccc2n3-c2ccc(C)c(-c3ccccc3C)c2)ccc1C. The molecule has 41 heavy (non-hydrogen) atoms. The van der Waals surface area contributed by atoms with Gasteiger partial charge in [-0.25, -0.2) is 0 Å². The molecule has 0 amide bonds. The number of hydrogen-bond acceptors (Lipinski definition) is 0. The summed E-state index contributed by atoms with van der Waals surface area (Å²) in [4.78, 5) is 0. The summed E-state index contributed by atoms with van der Waals surface area (Å²) in [5.74, 6) is 0. The summed E-state index contributed by atoms with van der Waals surface area (Å²) in [5, 5.41) is 2.54. The molecule has 1 heteroatoms. The maximum absolute atomic E-state index is 2.42. The van der Waals surface area contributed by atoms with Crippen LogP contribution in [0.4, 0.5) is 0 Å². The molecule has 0 saturated carbocycles. The van der Waals surface area contributed by atoms with E-state index in [0.717, 1.165) is 0 Å². The molecule has 0 aliphatic rings. The van der Waals surface area contributed by atoms with Crippen LogP contribution in [0.5, 0.6) is 0 Å². The van der Waals surface area contributed by atoms with E-state index in [2.05, 4.69) is 160 Å². The molecule has 1 nitrogen and oxygen atoms in total. The fraction of sp³-hybridized carbons (Fsp3) is 0.100. The number of nitrogens with zero attached hydrogens (tertiary/aromatic N) is 1. The number of para-hydroxylation sites is 1. The fourth-order valence-corrected chi connectivity index (χ4v) is 6.31. The van der Waals surface area contributed by atoms with Crippen LogP contribution in [0.3, 0.4) is 0 Å². The standard InChI is InChI=1S/C40H33N/c1-26-11-5-7-13-33(26)36-23-30(19-17-28(36)3)31-20-22-40-38(24-31)35-15-9-10-16-39(35)41(40)32-21-18-29(4)37(25-32)34-14-8-6-12-27(34)2/h5-25H,1-4H3. The Morgan fingerprint density at radius 3 is 1.59 bits per heavy atom. The maximum Gasteiger partial charge on any atom is 0.0541 e. The van der Waals surface area contributed by atoms with Gasteiger partial charge in [-0.3, -0.25) is 0 Å². The average Bonchev–Trinajstić information content (AvgIpc) is 3.32. The van der Waals surface area contributed by atoms with Crippen molar-refractivity contribution in [2.45, 2.75) is 27.7 Å². The molecule has 1 heterocycles. The van der Waals surface area contributed by atoms with Crippen LogP contribution in [0.25, 0.3) is 60.9 Å². The van der Waals surface area contributed by atoms with Crippen LogP contribution in [0.2, 0.25) is 0 Å². The van der Waals surface area contributed by atoms with E-state index in [1.807, 2.05) is 0 Å². The molecule has 0 bridgehead atoms. The van der Waals surface area contributed by atoms with Gasteiger partial charge < -0.3 is 4.57 Å². The largest absolute Gasteiger partial charge is 0.309 e. The number of aromatic nitrogens is 1. The van der Waals surface area contributed by atoms with Crippen molar-refractivity contribution in [3.05, 3.63) is 150 Å². The lowest BCUT2D eigenvalue weighted by molar-refractivity contribution is 1.17. The number of aryl methyl sites for hydroxylation is 4. The summed E-state index contributed by atoms with van der Waals surface area (Å²) in [5.41, 5.74) is 16.5. The van der Waals surface area contributed by atoms with Crippen LogP contribution in [0.15, 0.2) is 127 Å². The molecule has 0 spiro atoms. The molecule has 0 atom stereocenters. The van der Waals surface area contributed by atoms with Crippen molar-refractivity contribution in [3.63, 3.8) is 0 Å². The van der Waals surface area contributed by atoms with Crippen LogP contribution >= 0.6 is 0 Å². The van der Waals surface area contributed by atoms with Crippen molar-refractivity contribution >= 4 is 21.8 Å². The van der Waals surface area contributed by atoms with E-state index in [-0.39, 0.29) is 0 Å². The van der Waals surface area contributed by atoms with E-state index in [4.69, 9.17) is 0 Å². The molecular weight excluding hydrogens is 494 g/mol. The van der Waals surface area contributed by atoms with Gasteiger partial charge in [0.15, 0.2) is 0 Å². The zero-order chi connectivity index (χ0) is 28.1.